The molecule has 306 valence electrons. The van der Waals surface area contributed by atoms with Crippen LogP contribution < -0.4 is 32.7 Å². The highest BCUT2D eigenvalue weighted by molar-refractivity contribution is 6.06. The fourth-order valence-corrected chi connectivity index (χ4v) is 5.32. The standard InChI is InChI=1S/C23H20N6O.C21H20N4O3.2CH4/c24-19-5-1-2-6-21(19)28-22(30)17-9-7-16(8-10-17)14-27-23-26-13-11-20(29-23)18-4-3-12-25-15-18;22-18-5-1-2-6-19(18)25-20(26)17-9-7-15(8-10-17)13-24-21(27)28-14-16-4-3-11-23-12-16;;/h1-13,15H,14,24H2,(H,28,30)(H,26,27,29);1-12H,13-14,22H2,(H,24,27)(H,25,26);2*1H4. The number of benzene rings is 4. The quantitative estimate of drug-likeness (QED) is 0.0644. The third-order valence-corrected chi connectivity index (χ3v) is 8.44. The van der Waals surface area contributed by atoms with Crippen LogP contribution in [0.4, 0.5) is 33.5 Å². The lowest BCUT2D eigenvalue weighted by Gasteiger charge is -2.09. The summed E-state index contributed by atoms with van der Waals surface area (Å²) in [4.78, 5) is 53.4. The molecule has 0 unspecified atom stereocenters. The molecule has 0 aliphatic carbocycles. The number of hydrogen-bond acceptors (Lipinski definition) is 11. The van der Waals surface area contributed by atoms with Crippen LogP contribution in [-0.2, 0) is 24.4 Å². The predicted octanol–water partition coefficient (Wildman–Crippen LogP) is 8.60. The molecule has 0 saturated heterocycles. The molecule has 14 heteroatoms. The van der Waals surface area contributed by atoms with E-state index in [0.717, 1.165) is 27.9 Å². The van der Waals surface area contributed by atoms with Gasteiger partial charge in [-0.2, -0.15) is 0 Å². The van der Waals surface area contributed by atoms with E-state index in [9.17, 15) is 14.4 Å². The molecular weight excluding hydrogens is 757 g/mol. The Morgan fingerprint density at radius 2 is 1.12 bits per heavy atom. The van der Waals surface area contributed by atoms with Crippen molar-refractivity contribution in [2.45, 2.75) is 34.5 Å². The second kappa shape index (κ2) is 22.6. The van der Waals surface area contributed by atoms with Gasteiger partial charge in [0.25, 0.3) is 11.8 Å². The number of nitrogens with two attached hydrogens (primary N) is 2. The Bertz CT molecular complexity index is 2430. The number of carbonyl (C=O) groups is 3. The van der Waals surface area contributed by atoms with Gasteiger partial charge in [0.1, 0.15) is 6.61 Å². The zero-order chi connectivity index (χ0) is 40.5. The number of pyridine rings is 2. The molecule has 0 spiro atoms. The normalized spacial score (nSPS) is 9.93. The van der Waals surface area contributed by atoms with Gasteiger partial charge in [0.2, 0.25) is 5.95 Å². The fourth-order valence-electron chi connectivity index (χ4n) is 5.32. The maximum absolute atomic E-state index is 12.4. The summed E-state index contributed by atoms with van der Waals surface area (Å²) in [6, 6.07) is 37.7. The minimum absolute atomic E-state index is 0. The van der Waals surface area contributed by atoms with Crippen molar-refractivity contribution in [1.29, 1.82) is 0 Å². The van der Waals surface area contributed by atoms with Crippen molar-refractivity contribution in [3.05, 3.63) is 186 Å². The largest absolute Gasteiger partial charge is 0.445 e. The van der Waals surface area contributed by atoms with Crippen molar-refractivity contribution in [2.75, 3.05) is 27.4 Å². The molecule has 7 rings (SSSR count). The van der Waals surface area contributed by atoms with Crippen LogP contribution in [0.15, 0.2) is 158 Å². The van der Waals surface area contributed by atoms with Crippen LogP contribution in [0.5, 0.6) is 0 Å². The monoisotopic (exact) mass is 804 g/mol. The molecule has 4 aromatic carbocycles. The number of nitrogens with zero attached hydrogens (tertiary/aromatic N) is 4. The highest BCUT2D eigenvalue weighted by Gasteiger charge is 2.10. The summed E-state index contributed by atoms with van der Waals surface area (Å²) in [7, 11) is 0. The molecule has 0 bridgehead atoms. The molecule has 0 radical (unpaired) electrons. The lowest BCUT2D eigenvalue weighted by Crippen LogP contribution is -2.23. The lowest BCUT2D eigenvalue weighted by molar-refractivity contribution is 0.101. The molecule has 0 saturated carbocycles. The molecule has 3 aromatic heterocycles. The van der Waals surface area contributed by atoms with Gasteiger partial charge in [-0.15, -0.1) is 0 Å². The summed E-state index contributed by atoms with van der Waals surface area (Å²) in [5, 5.41) is 11.5. The summed E-state index contributed by atoms with van der Waals surface area (Å²) in [5.74, 6) is 0.0610. The number of nitrogen functional groups attached to an aromatic ring is 2. The Hall–Kier alpha value is -8.13. The van der Waals surface area contributed by atoms with Crippen LogP contribution in [0.25, 0.3) is 11.3 Å². The van der Waals surface area contributed by atoms with E-state index in [1.54, 1.807) is 110 Å². The molecule has 0 fully saturated rings. The van der Waals surface area contributed by atoms with Crippen molar-refractivity contribution in [3.8, 4) is 11.3 Å². The number of nitrogens with one attached hydrogen (secondary N) is 4. The van der Waals surface area contributed by atoms with Gasteiger partial charge in [-0.1, -0.05) is 69.5 Å². The first kappa shape index (κ1) is 44.6. The third kappa shape index (κ3) is 13.2. The predicted molar refractivity (Wildman–Crippen MR) is 238 cm³/mol. The Labute approximate surface area is 349 Å². The van der Waals surface area contributed by atoms with Gasteiger partial charge in [-0.3, -0.25) is 19.6 Å². The van der Waals surface area contributed by atoms with Crippen LogP contribution in [0.3, 0.4) is 0 Å². The molecule has 3 heterocycles. The van der Waals surface area contributed by atoms with E-state index < -0.39 is 6.09 Å². The first-order valence-corrected chi connectivity index (χ1v) is 18.1. The van der Waals surface area contributed by atoms with E-state index in [1.807, 2.05) is 48.5 Å². The van der Waals surface area contributed by atoms with Gasteiger partial charge >= 0.3 is 6.09 Å². The molecule has 8 N–H and O–H groups in total. The summed E-state index contributed by atoms with van der Waals surface area (Å²) in [6.07, 6.45) is 7.97. The number of hydrogen-bond donors (Lipinski definition) is 6. The van der Waals surface area contributed by atoms with Crippen molar-refractivity contribution in [1.82, 2.24) is 25.3 Å². The maximum atomic E-state index is 12.4. The number of alkyl carbamates (subject to hydrolysis) is 1. The Morgan fingerprint density at radius 3 is 1.65 bits per heavy atom. The van der Waals surface area contributed by atoms with E-state index in [0.29, 0.717) is 52.9 Å². The summed E-state index contributed by atoms with van der Waals surface area (Å²) >= 11 is 0. The minimum atomic E-state index is -0.523. The molecule has 0 aliphatic heterocycles. The van der Waals surface area contributed by atoms with Crippen LogP contribution >= 0.6 is 0 Å². The van der Waals surface area contributed by atoms with Crippen molar-refractivity contribution in [3.63, 3.8) is 0 Å². The molecule has 0 atom stereocenters. The van der Waals surface area contributed by atoms with Gasteiger partial charge in [0.05, 0.1) is 28.4 Å². The van der Waals surface area contributed by atoms with Gasteiger partial charge in [0, 0.05) is 66.3 Å². The van der Waals surface area contributed by atoms with Crippen LogP contribution in [-0.4, -0.2) is 37.8 Å². The molecule has 0 aliphatic rings. The van der Waals surface area contributed by atoms with Gasteiger partial charge in [-0.05, 0) is 83.9 Å². The second-order valence-corrected chi connectivity index (χ2v) is 12.6. The van der Waals surface area contributed by atoms with E-state index in [-0.39, 0.29) is 33.3 Å². The molecule has 60 heavy (non-hydrogen) atoms. The number of amides is 3. The van der Waals surface area contributed by atoms with Gasteiger partial charge < -0.3 is 37.5 Å². The average Bonchev–Trinajstić information content (AvgIpc) is 3.27. The zero-order valence-corrected chi connectivity index (χ0v) is 31.2. The Balaban J connectivity index is 0.000000257. The number of aromatic nitrogens is 4. The average molecular weight is 805 g/mol. The highest BCUT2D eigenvalue weighted by atomic mass is 16.5. The number of ether oxygens (including phenoxy) is 1. The van der Waals surface area contributed by atoms with Gasteiger partial charge in [-0.25, -0.2) is 14.8 Å². The number of rotatable bonds is 12. The first-order valence-electron chi connectivity index (χ1n) is 18.1. The second-order valence-electron chi connectivity index (χ2n) is 12.6. The van der Waals surface area contributed by atoms with Crippen LogP contribution in [0.1, 0.15) is 52.3 Å². The van der Waals surface area contributed by atoms with E-state index in [2.05, 4.69) is 41.2 Å². The Morgan fingerprint density at radius 1 is 0.567 bits per heavy atom. The van der Waals surface area contributed by atoms with E-state index in [1.165, 1.54) is 0 Å². The van der Waals surface area contributed by atoms with Crippen molar-refractivity contribution >= 4 is 46.6 Å². The van der Waals surface area contributed by atoms with Crippen molar-refractivity contribution < 1.29 is 19.1 Å². The molecule has 14 nitrogen and oxygen atoms in total. The number of para-hydroxylation sites is 4. The number of carbonyl (C=O) groups excluding carboxylic acids is 3. The van der Waals surface area contributed by atoms with E-state index >= 15 is 0 Å². The first-order chi connectivity index (χ1) is 28.3. The van der Waals surface area contributed by atoms with Crippen LogP contribution in [0, 0.1) is 0 Å². The number of anilines is 5. The summed E-state index contributed by atoms with van der Waals surface area (Å²) in [5.41, 5.74) is 19.3. The van der Waals surface area contributed by atoms with E-state index in [4.69, 9.17) is 16.2 Å². The molecule has 3 amide bonds. The van der Waals surface area contributed by atoms with Crippen molar-refractivity contribution in [2.24, 2.45) is 0 Å². The zero-order valence-electron chi connectivity index (χ0n) is 31.2. The van der Waals surface area contributed by atoms with Gasteiger partial charge in [0.15, 0.2) is 0 Å². The molecule has 7 aromatic rings. The summed E-state index contributed by atoms with van der Waals surface area (Å²) in [6.45, 7) is 0.977. The third-order valence-electron chi connectivity index (χ3n) is 8.44. The fraction of sp³-hybridized carbons (Fsp3) is 0.109. The van der Waals surface area contributed by atoms with Crippen LogP contribution in [0.2, 0.25) is 0 Å². The smallest absolute Gasteiger partial charge is 0.407 e. The highest BCUT2D eigenvalue weighted by Crippen LogP contribution is 2.20. The Kier molecular flexibility index (Phi) is 16.8. The SMILES string of the molecule is C.C.Nc1ccccc1NC(=O)c1ccc(CNC(=O)OCc2cccnc2)cc1.Nc1ccccc1NC(=O)c1ccc(CNc2nccc(-c3cccnc3)n2)cc1. The maximum Gasteiger partial charge on any atom is 0.407 e. The topological polar surface area (TPSA) is 212 Å². The summed E-state index contributed by atoms with van der Waals surface area (Å²) < 4.78 is 5.12. The lowest BCUT2D eigenvalue weighted by atomic mass is 10.1. The minimum Gasteiger partial charge on any atom is -0.445 e. The molecular formula is C46H48N10O4.